The van der Waals surface area contributed by atoms with Gasteiger partial charge in [-0.1, -0.05) is 42.0 Å². The molecule has 2 aliphatic rings. The van der Waals surface area contributed by atoms with Gasteiger partial charge in [0.25, 0.3) is 0 Å². The number of amides is 1. The van der Waals surface area contributed by atoms with Crippen molar-refractivity contribution in [2.75, 3.05) is 12.9 Å². The number of ether oxygens (including phenoxy) is 2. The van der Waals surface area contributed by atoms with Crippen LogP contribution in [0.25, 0.3) is 0 Å². The molecular weight excluding hydrogens is 386 g/mol. The lowest BCUT2D eigenvalue weighted by Gasteiger charge is -2.29. The van der Waals surface area contributed by atoms with Crippen molar-refractivity contribution in [1.82, 2.24) is 16.2 Å². The van der Waals surface area contributed by atoms with Crippen LogP contribution in [0.1, 0.15) is 28.9 Å². The van der Waals surface area contributed by atoms with E-state index < -0.39 is 0 Å². The van der Waals surface area contributed by atoms with Gasteiger partial charge in [0.1, 0.15) is 6.61 Å². The van der Waals surface area contributed by atoms with Crippen molar-refractivity contribution in [3.8, 4) is 11.5 Å². The minimum absolute atomic E-state index is 0.0425. The highest BCUT2D eigenvalue weighted by Gasteiger charge is 2.44. The molecule has 2 fully saturated rings. The number of fused-ring (bicyclic) bond motifs is 1. The molecule has 0 aliphatic carbocycles. The van der Waals surface area contributed by atoms with E-state index in [9.17, 15) is 4.79 Å². The van der Waals surface area contributed by atoms with Crippen LogP contribution in [0.15, 0.2) is 42.5 Å². The molecule has 2 saturated heterocycles. The summed E-state index contributed by atoms with van der Waals surface area (Å²) in [5.74, 6) is 2.10. The Hall–Kier alpha value is -2.22. The standard InChI is InChI=1S/C22H27N3O3S/c1-13-7-9-15(10-8-13)11-28-20-16(5-4-6-17(20)27-3)21-19-14(2)24-25-22(19)23-18(26)12-29-21/h4-10,14,19,21-22,24-25H,11-12H2,1-3H3,(H,23,26). The number of benzene rings is 2. The molecule has 1 amide bonds. The number of rotatable bonds is 5. The molecule has 0 spiro atoms. The van der Waals surface area contributed by atoms with Crippen LogP contribution in [-0.4, -0.2) is 31.0 Å². The number of para-hydroxylation sites is 1. The topological polar surface area (TPSA) is 71.6 Å². The van der Waals surface area contributed by atoms with Crippen LogP contribution in [0.4, 0.5) is 0 Å². The van der Waals surface area contributed by atoms with E-state index in [2.05, 4.69) is 60.3 Å². The molecule has 29 heavy (non-hydrogen) atoms. The number of carbonyl (C=O) groups is 1. The fourth-order valence-corrected chi connectivity index (χ4v) is 5.37. The Morgan fingerprint density at radius 1 is 1.14 bits per heavy atom. The molecule has 4 unspecified atom stereocenters. The van der Waals surface area contributed by atoms with Gasteiger partial charge in [-0.15, -0.1) is 11.8 Å². The van der Waals surface area contributed by atoms with Crippen LogP contribution < -0.4 is 25.6 Å². The minimum atomic E-state index is -0.117. The van der Waals surface area contributed by atoms with Crippen LogP contribution >= 0.6 is 11.8 Å². The smallest absolute Gasteiger partial charge is 0.231 e. The highest BCUT2D eigenvalue weighted by molar-refractivity contribution is 8.00. The normalized spacial score (nSPS) is 26.4. The van der Waals surface area contributed by atoms with E-state index in [1.54, 1.807) is 18.9 Å². The molecule has 2 heterocycles. The Morgan fingerprint density at radius 3 is 2.69 bits per heavy atom. The molecule has 154 valence electrons. The number of hydrogen-bond donors (Lipinski definition) is 3. The lowest BCUT2D eigenvalue weighted by atomic mass is 9.90. The summed E-state index contributed by atoms with van der Waals surface area (Å²) in [6, 6.07) is 14.5. The number of hydrazine groups is 1. The first-order chi connectivity index (χ1) is 14.1. The molecule has 0 aromatic heterocycles. The largest absolute Gasteiger partial charge is 0.493 e. The Morgan fingerprint density at radius 2 is 1.93 bits per heavy atom. The predicted molar refractivity (Wildman–Crippen MR) is 115 cm³/mol. The molecule has 0 bridgehead atoms. The third kappa shape index (κ3) is 4.22. The zero-order valence-electron chi connectivity index (χ0n) is 16.9. The summed E-state index contributed by atoms with van der Waals surface area (Å²) in [5, 5.41) is 3.16. The second-order valence-corrected chi connectivity index (χ2v) is 8.71. The van der Waals surface area contributed by atoms with Crippen LogP contribution in [0.2, 0.25) is 0 Å². The van der Waals surface area contributed by atoms with E-state index in [0.717, 1.165) is 16.9 Å². The van der Waals surface area contributed by atoms with Gasteiger partial charge in [0.2, 0.25) is 5.91 Å². The van der Waals surface area contributed by atoms with Gasteiger partial charge >= 0.3 is 0 Å². The maximum atomic E-state index is 12.2. The van der Waals surface area contributed by atoms with Crippen molar-refractivity contribution in [3.05, 3.63) is 59.2 Å². The Bertz CT molecular complexity index is 874. The summed E-state index contributed by atoms with van der Waals surface area (Å²) in [6.45, 7) is 4.67. The van der Waals surface area contributed by atoms with Gasteiger partial charge in [-0.3, -0.25) is 10.2 Å². The highest BCUT2D eigenvalue weighted by atomic mass is 32.2. The SMILES string of the molecule is COc1cccc(C2SCC(=O)NC3NNC(C)C32)c1OCc1ccc(C)cc1. The average Bonchev–Trinajstić information content (AvgIpc) is 2.98. The van der Waals surface area contributed by atoms with E-state index in [-0.39, 0.29) is 29.3 Å². The minimum Gasteiger partial charge on any atom is -0.493 e. The molecule has 7 heteroatoms. The van der Waals surface area contributed by atoms with E-state index in [0.29, 0.717) is 18.1 Å². The summed E-state index contributed by atoms with van der Waals surface area (Å²) in [5.41, 5.74) is 9.88. The van der Waals surface area contributed by atoms with Gasteiger partial charge in [0, 0.05) is 22.8 Å². The molecule has 3 N–H and O–H groups in total. The number of methoxy groups -OCH3 is 1. The van der Waals surface area contributed by atoms with Crippen molar-refractivity contribution in [3.63, 3.8) is 0 Å². The summed E-state index contributed by atoms with van der Waals surface area (Å²) in [6.07, 6.45) is -0.117. The number of hydrogen-bond acceptors (Lipinski definition) is 6. The first kappa shape index (κ1) is 20.1. The van der Waals surface area contributed by atoms with Crippen LogP contribution in [0.3, 0.4) is 0 Å². The molecule has 6 nitrogen and oxygen atoms in total. The Kier molecular flexibility index (Phi) is 5.99. The Balaban J connectivity index is 1.67. The van der Waals surface area contributed by atoms with E-state index in [4.69, 9.17) is 9.47 Å². The first-order valence-corrected chi connectivity index (χ1v) is 10.9. The average molecular weight is 414 g/mol. The van der Waals surface area contributed by atoms with Crippen molar-refractivity contribution in [2.24, 2.45) is 5.92 Å². The van der Waals surface area contributed by atoms with E-state index >= 15 is 0 Å². The number of thioether (sulfide) groups is 1. The first-order valence-electron chi connectivity index (χ1n) is 9.84. The van der Waals surface area contributed by atoms with Crippen molar-refractivity contribution < 1.29 is 14.3 Å². The third-order valence-electron chi connectivity index (χ3n) is 5.53. The van der Waals surface area contributed by atoms with Crippen LogP contribution in [0.5, 0.6) is 11.5 Å². The lowest BCUT2D eigenvalue weighted by molar-refractivity contribution is -0.119. The van der Waals surface area contributed by atoms with Gasteiger partial charge in [0.15, 0.2) is 11.5 Å². The van der Waals surface area contributed by atoms with Gasteiger partial charge < -0.3 is 14.8 Å². The molecule has 4 rings (SSSR count). The second-order valence-electron chi connectivity index (χ2n) is 7.58. The maximum Gasteiger partial charge on any atom is 0.231 e. The summed E-state index contributed by atoms with van der Waals surface area (Å²) in [4.78, 5) is 12.2. The van der Waals surface area contributed by atoms with E-state index in [1.165, 1.54) is 5.56 Å². The molecular formula is C22H27N3O3S. The summed E-state index contributed by atoms with van der Waals surface area (Å²) < 4.78 is 11.9. The summed E-state index contributed by atoms with van der Waals surface area (Å²) in [7, 11) is 1.66. The molecule has 4 atom stereocenters. The summed E-state index contributed by atoms with van der Waals surface area (Å²) >= 11 is 1.65. The van der Waals surface area contributed by atoms with Crippen molar-refractivity contribution in [2.45, 2.75) is 37.9 Å². The van der Waals surface area contributed by atoms with Crippen LogP contribution in [0, 0.1) is 12.8 Å². The van der Waals surface area contributed by atoms with E-state index in [1.807, 2.05) is 12.1 Å². The third-order valence-corrected chi connectivity index (χ3v) is 6.88. The quantitative estimate of drug-likeness (QED) is 0.700. The molecule has 2 aliphatic heterocycles. The zero-order valence-corrected chi connectivity index (χ0v) is 17.7. The zero-order chi connectivity index (χ0) is 20.4. The van der Waals surface area contributed by atoms with Crippen molar-refractivity contribution in [1.29, 1.82) is 0 Å². The molecule has 0 radical (unpaired) electrons. The Labute approximate surface area is 175 Å². The maximum absolute atomic E-state index is 12.2. The lowest BCUT2D eigenvalue weighted by Crippen LogP contribution is -2.46. The molecule has 0 saturated carbocycles. The second kappa shape index (κ2) is 8.65. The fourth-order valence-electron chi connectivity index (χ4n) is 3.97. The van der Waals surface area contributed by atoms with Gasteiger partial charge in [-0.2, -0.15) is 0 Å². The van der Waals surface area contributed by atoms with Gasteiger partial charge in [0.05, 0.1) is 19.0 Å². The molecule has 2 aromatic carbocycles. The van der Waals surface area contributed by atoms with Crippen LogP contribution in [-0.2, 0) is 11.4 Å². The van der Waals surface area contributed by atoms with Gasteiger partial charge in [-0.05, 0) is 25.5 Å². The number of aryl methyl sites for hydroxylation is 1. The molecule has 2 aromatic rings. The fraction of sp³-hybridized carbons (Fsp3) is 0.409. The van der Waals surface area contributed by atoms with Gasteiger partial charge in [-0.25, -0.2) is 5.43 Å². The monoisotopic (exact) mass is 413 g/mol. The highest BCUT2D eigenvalue weighted by Crippen LogP contribution is 2.47. The predicted octanol–water partition coefficient (Wildman–Crippen LogP) is 2.93. The number of nitrogens with one attached hydrogen (secondary N) is 3. The number of carbonyl (C=O) groups excluding carboxylic acids is 1. The van der Waals surface area contributed by atoms with Crippen molar-refractivity contribution >= 4 is 17.7 Å².